The van der Waals surface area contributed by atoms with Crippen LogP contribution >= 0.6 is 0 Å². The van der Waals surface area contributed by atoms with Crippen molar-refractivity contribution < 1.29 is 4.74 Å². The minimum Gasteiger partial charge on any atom is -0.455 e. The number of hydrogen-bond donors (Lipinski definition) is 0. The Balaban J connectivity index is 2.24. The van der Waals surface area contributed by atoms with Crippen molar-refractivity contribution in [2.24, 2.45) is 0 Å². The van der Waals surface area contributed by atoms with E-state index in [0.717, 1.165) is 23.6 Å². The lowest BCUT2D eigenvalue weighted by atomic mass is 10.2. The number of nitrogens with zero attached hydrogens (tertiary/aromatic N) is 1. The molecule has 1 aromatic carbocycles. The van der Waals surface area contributed by atoms with Crippen LogP contribution in [0.5, 0.6) is 11.5 Å². The molecule has 0 amide bonds. The van der Waals surface area contributed by atoms with Crippen LogP contribution in [0.4, 0.5) is 0 Å². The maximum Gasteiger partial charge on any atom is 0.148 e. The highest BCUT2D eigenvalue weighted by Crippen LogP contribution is 2.23. The van der Waals surface area contributed by atoms with E-state index >= 15 is 0 Å². The molecule has 0 spiro atoms. The van der Waals surface area contributed by atoms with Crippen molar-refractivity contribution >= 4 is 0 Å². The van der Waals surface area contributed by atoms with Gasteiger partial charge in [-0.25, -0.2) is 0 Å². The molecule has 0 aliphatic rings. The first-order chi connectivity index (χ1) is 7.40. The number of hydrogen-bond acceptors (Lipinski definition) is 2. The summed E-state index contributed by atoms with van der Waals surface area (Å²) in [5.74, 6) is 1.69. The fraction of sp³-hybridized carbons (Fsp3) is 0.154. The Labute approximate surface area is 89.6 Å². The molecule has 1 heterocycles. The van der Waals surface area contributed by atoms with Crippen LogP contribution in [-0.4, -0.2) is 4.98 Å². The van der Waals surface area contributed by atoms with Crippen molar-refractivity contribution in [2.75, 3.05) is 0 Å². The summed E-state index contributed by atoms with van der Waals surface area (Å²) in [5, 5.41) is 0. The van der Waals surface area contributed by atoms with Crippen molar-refractivity contribution in [3.8, 4) is 11.5 Å². The Morgan fingerprint density at radius 3 is 2.60 bits per heavy atom. The number of para-hydroxylation sites is 1. The SMILES string of the molecule is CCc1ncccc1Oc1ccccc1. The first-order valence-corrected chi connectivity index (χ1v) is 5.07. The lowest BCUT2D eigenvalue weighted by Crippen LogP contribution is -1.92. The van der Waals surface area contributed by atoms with Gasteiger partial charge in [0, 0.05) is 6.20 Å². The van der Waals surface area contributed by atoms with Gasteiger partial charge in [-0.2, -0.15) is 0 Å². The Hall–Kier alpha value is -1.83. The van der Waals surface area contributed by atoms with E-state index in [1.54, 1.807) is 6.20 Å². The normalized spacial score (nSPS) is 9.93. The summed E-state index contributed by atoms with van der Waals surface area (Å²) < 4.78 is 5.74. The van der Waals surface area contributed by atoms with Crippen LogP contribution < -0.4 is 4.74 Å². The number of benzene rings is 1. The third kappa shape index (κ3) is 2.34. The van der Waals surface area contributed by atoms with Gasteiger partial charge in [0.1, 0.15) is 11.5 Å². The highest BCUT2D eigenvalue weighted by atomic mass is 16.5. The maximum atomic E-state index is 5.74. The topological polar surface area (TPSA) is 22.1 Å². The quantitative estimate of drug-likeness (QED) is 0.755. The second kappa shape index (κ2) is 4.60. The molecule has 15 heavy (non-hydrogen) atoms. The van der Waals surface area contributed by atoms with Crippen LogP contribution in [0.15, 0.2) is 48.7 Å². The summed E-state index contributed by atoms with van der Waals surface area (Å²) in [5.41, 5.74) is 0.987. The fourth-order valence-electron chi connectivity index (χ4n) is 1.40. The van der Waals surface area contributed by atoms with Crippen LogP contribution in [-0.2, 0) is 6.42 Å². The molecule has 2 nitrogen and oxygen atoms in total. The van der Waals surface area contributed by atoms with E-state index in [0.29, 0.717) is 0 Å². The molecule has 0 radical (unpaired) electrons. The van der Waals surface area contributed by atoms with Crippen molar-refractivity contribution in [1.82, 2.24) is 4.98 Å². The second-order valence-corrected chi connectivity index (χ2v) is 3.22. The van der Waals surface area contributed by atoms with Crippen LogP contribution in [0.2, 0.25) is 0 Å². The second-order valence-electron chi connectivity index (χ2n) is 3.22. The van der Waals surface area contributed by atoms with Gasteiger partial charge in [-0.1, -0.05) is 25.1 Å². The summed E-state index contributed by atoms with van der Waals surface area (Å²) in [6.45, 7) is 2.07. The molecule has 0 aliphatic heterocycles. The Kier molecular flexibility index (Phi) is 2.98. The molecular weight excluding hydrogens is 186 g/mol. The van der Waals surface area contributed by atoms with Crippen molar-refractivity contribution in [2.45, 2.75) is 13.3 Å². The van der Waals surface area contributed by atoms with Gasteiger partial charge in [-0.05, 0) is 30.7 Å². The predicted octanol–water partition coefficient (Wildman–Crippen LogP) is 3.44. The molecule has 0 fully saturated rings. The molecule has 2 heteroatoms. The van der Waals surface area contributed by atoms with Crippen molar-refractivity contribution in [1.29, 1.82) is 0 Å². The monoisotopic (exact) mass is 199 g/mol. The van der Waals surface area contributed by atoms with Gasteiger partial charge in [-0.15, -0.1) is 0 Å². The van der Waals surface area contributed by atoms with Crippen LogP contribution in [0.25, 0.3) is 0 Å². The van der Waals surface area contributed by atoms with Gasteiger partial charge in [0.2, 0.25) is 0 Å². The lowest BCUT2D eigenvalue weighted by Gasteiger charge is -2.08. The molecule has 0 atom stereocenters. The molecule has 76 valence electrons. The zero-order valence-electron chi connectivity index (χ0n) is 8.68. The Bertz CT molecular complexity index is 426. The van der Waals surface area contributed by atoms with E-state index in [-0.39, 0.29) is 0 Å². The largest absolute Gasteiger partial charge is 0.455 e. The molecule has 0 aliphatic carbocycles. The standard InChI is InChI=1S/C13H13NO/c1-2-12-13(9-6-10-14-12)15-11-7-4-3-5-8-11/h3-10H,2H2,1H3. The van der Waals surface area contributed by atoms with E-state index in [1.807, 2.05) is 42.5 Å². The molecule has 0 saturated heterocycles. The number of pyridine rings is 1. The summed E-state index contributed by atoms with van der Waals surface area (Å²) in [6, 6.07) is 13.6. The van der Waals surface area contributed by atoms with Gasteiger partial charge in [0.05, 0.1) is 5.69 Å². The summed E-state index contributed by atoms with van der Waals surface area (Å²) in [7, 11) is 0. The number of ether oxygens (including phenoxy) is 1. The summed E-state index contributed by atoms with van der Waals surface area (Å²) in [4.78, 5) is 4.27. The van der Waals surface area contributed by atoms with Gasteiger partial charge in [-0.3, -0.25) is 4.98 Å². The van der Waals surface area contributed by atoms with Gasteiger partial charge >= 0.3 is 0 Å². The Morgan fingerprint density at radius 1 is 1.07 bits per heavy atom. The molecular formula is C13H13NO. The third-order valence-electron chi connectivity index (χ3n) is 2.15. The average Bonchev–Trinajstić information content (AvgIpc) is 2.31. The highest BCUT2D eigenvalue weighted by Gasteiger charge is 2.02. The highest BCUT2D eigenvalue weighted by molar-refractivity contribution is 5.33. The van der Waals surface area contributed by atoms with Crippen LogP contribution in [0.1, 0.15) is 12.6 Å². The zero-order valence-corrected chi connectivity index (χ0v) is 8.68. The predicted molar refractivity (Wildman–Crippen MR) is 60.1 cm³/mol. The van der Waals surface area contributed by atoms with E-state index in [9.17, 15) is 0 Å². The molecule has 0 unspecified atom stereocenters. The van der Waals surface area contributed by atoms with Crippen LogP contribution in [0, 0.1) is 0 Å². The summed E-state index contributed by atoms with van der Waals surface area (Å²) >= 11 is 0. The Morgan fingerprint density at radius 2 is 1.87 bits per heavy atom. The molecule has 2 rings (SSSR count). The molecule has 0 bridgehead atoms. The lowest BCUT2D eigenvalue weighted by molar-refractivity contribution is 0.473. The van der Waals surface area contributed by atoms with Gasteiger partial charge < -0.3 is 4.74 Å². The number of aromatic nitrogens is 1. The fourth-order valence-corrected chi connectivity index (χ4v) is 1.40. The van der Waals surface area contributed by atoms with Gasteiger partial charge in [0.15, 0.2) is 0 Å². The van der Waals surface area contributed by atoms with Crippen molar-refractivity contribution in [3.63, 3.8) is 0 Å². The zero-order chi connectivity index (χ0) is 10.5. The molecule has 0 saturated carbocycles. The number of rotatable bonds is 3. The molecule has 1 aromatic heterocycles. The average molecular weight is 199 g/mol. The van der Waals surface area contributed by atoms with E-state index in [1.165, 1.54) is 0 Å². The minimum atomic E-state index is 0.839. The smallest absolute Gasteiger partial charge is 0.148 e. The first-order valence-electron chi connectivity index (χ1n) is 5.07. The van der Waals surface area contributed by atoms with E-state index in [4.69, 9.17) is 4.74 Å². The van der Waals surface area contributed by atoms with E-state index in [2.05, 4.69) is 11.9 Å². The molecule has 0 N–H and O–H groups in total. The van der Waals surface area contributed by atoms with E-state index < -0.39 is 0 Å². The number of aryl methyl sites for hydroxylation is 1. The third-order valence-corrected chi connectivity index (χ3v) is 2.15. The summed E-state index contributed by atoms with van der Waals surface area (Å²) in [6.07, 6.45) is 2.67. The van der Waals surface area contributed by atoms with Crippen LogP contribution in [0.3, 0.4) is 0 Å². The first kappa shape index (κ1) is 9.71. The maximum absolute atomic E-state index is 5.74. The van der Waals surface area contributed by atoms with Crippen molar-refractivity contribution in [3.05, 3.63) is 54.4 Å². The van der Waals surface area contributed by atoms with Gasteiger partial charge in [0.25, 0.3) is 0 Å². The molecule has 2 aromatic rings. The minimum absolute atomic E-state index is 0.839.